The van der Waals surface area contributed by atoms with E-state index in [1.54, 1.807) is 11.8 Å². The van der Waals surface area contributed by atoms with Gasteiger partial charge in [-0.2, -0.15) is 0 Å². The van der Waals surface area contributed by atoms with Crippen molar-refractivity contribution in [3.8, 4) is 0 Å². The summed E-state index contributed by atoms with van der Waals surface area (Å²) in [6, 6.07) is 18.0. The summed E-state index contributed by atoms with van der Waals surface area (Å²) < 4.78 is 5.42. The standard InChI is InChI=1S/C23H29N3O2S/c1-29-22-11-9-21(10-12-22)24-23(27)26(15-14-25-16-18-28-19-17-25)13-5-8-20-6-3-2-4-7-20/h2-12H,13-19H2,1H3,(H,24,27)/b8-5+. The maximum atomic E-state index is 12.9. The number of benzene rings is 2. The number of ether oxygens (including phenoxy) is 1. The van der Waals surface area contributed by atoms with Crippen molar-refractivity contribution in [3.05, 3.63) is 66.2 Å². The van der Waals surface area contributed by atoms with Gasteiger partial charge in [-0.25, -0.2) is 4.79 Å². The van der Waals surface area contributed by atoms with Crippen LogP contribution in [-0.2, 0) is 4.74 Å². The third-order valence-electron chi connectivity index (χ3n) is 4.85. The number of nitrogens with one attached hydrogen (secondary N) is 1. The molecule has 2 amide bonds. The Hall–Kier alpha value is -2.28. The van der Waals surface area contributed by atoms with E-state index in [2.05, 4.69) is 28.4 Å². The predicted octanol–water partition coefficient (Wildman–Crippen LogP) is 4.29. The molecule has 0 aliphatic carbocycles. The summed E-state index contributed by atoms with van der Waals surface area (Å²) in [7, 11) is 0. The molecule has 154 valence electrons. The SMILES string of the molecule is CSc1ccc(NC(=O)N(C/C=C/c2ccccc2)CCN2CCOCC2)cc1. The molecule has 29 heavy (non-hydrogen) atoms. The van der Waals surface area contributed by atoms with Crippen LogP contribution in [0.5, 0.6) is 0 Å². The fraction of sp³-hybridized carbons (Fsp3) is 0.348. The molecular formula is C23H29N3O2S. The Balaban J connectivity index is 1.61. The molecule has 0 spiro atoms. The molecule has 1 N–H and O–H groups in total. The first kappa shape index (κ1) is 21.4. The Labute approximate surface area is 177 Å². The van der Waals surface area contributed by atoms with E-state index in [1.807, 2.05) is 59.7 Å². The molecule has 2 aromatic rings. The monoisotopic (exact) mass is 411 g/mol. The van der Waals surface area contributed by atoms with Crippen molar-refractivity contribution in [1.29, 1.82) is 0 Å². The Morgan fingerprint density at radius 2 is 1.86 bits per heavy atom. The van der Waals surface area contributed by atoms with Crippen LogP contribution in [0.25, 0.3) is 6.08 Å². The molecular weight excluding hydrogens is 382 g/mol. The summed E-state index contributed by atoms with van der Waals surface area (Å²) in [6.45, 7) is 5.46. The molecule has 1 aliphatic rings. The minimum absolute atomic E-state index is 0.0760. The molecule has 5 nitrogen and oxygen atoms in total. The lowest BCUT2D eigenvalue weighted by atomic mass is 10.2. The molecule has 1 aliphatic heterocycles. The van der Waals surface area contributed by atoms with Gasteiger partial charge in [0.05, 0.1) is 13.2 Å². The molecule has 0 atom stereocenters. The highest BCUT2D eigenvalue weighted by atomic mass is 32.2. The lowest BCUT2D eigenvalue weighted by molar-refractivity contribution is 0.0355. The second kappa shape index (κ2) is 11.7. The zero-order valence-corrected chi connectivity index (χ0v) is 17.7. The number of thioether (sulfide) groups is 1. The Kier molecular flexibility index (Phi) is 8.61. The van der Waals surface area contributed by atoms with Crippen LogP contribution in [0.15, 0.2) is 65.6 Å². The minimum Gasteiger partial charge on any atom is -0.379 e. The molecule has 0 unspecified atom stereocenters. The summed E-state index contributed by atoms with van der Waals surface area (Å²) in [6.07, 6.45) is 6.15. The zero-order chi connectivity index (χ0) is 20.3. The maximum absolute atomic E-state index is 12.9. The van der Waals surface area contributed by atoms with E-state index in [1.165, 1.54) is 4.90 Å². The average molecular weight is 412 g/mol. The highest BCUT2D eigenvalue weighted by Crippen LogP contribution is 2.17. The quantitative estimate of drug-likeness (QED) is 0.658. The number of carbonyl (C=O) groups excluding carboxylic acids is 1. The van der Waals surface area contributed by atoms with Gasteiger partial charge in [0.15, 0.2) is 0 Å². The summed E-state index contributed by atoms with van der Waals surface area (Å²) >= 11 is 1.69. The van der Waals surface area contributed by atoms with Crippen molar-refractivity contribution < 1.29 is 9.53 Å². The molecule has 0 saturated carbocycles. The maximum Gasteiger partial charge on any atom is 0.322 e. The number of morpholine rings is 1. The molecule has 0 bridgehead atoms. The van der Waals surface area contributed by atoms with Gasteiger partial charge in [0.25, 0.3) is 0 Å². The van der Waals surface area contributed by atoms with E-state index >= 15 is 0 Å². The Morgan fingerprint density at radius 1 is 1.14 bits per heavy atom. The number of carbonyl (C=O) groups is 1. The molecule has 0 radical (unpaired) electrons. The fourth-order valence-electron chi connectivity index (χ4n) is 3.12. The van der Waals surface area contributed by atoms with Crippen LogP contribution in [0.4, 0.5) is 10.5 Å². The van der Waals surface area contributed by atoms with Crippen molar-refractivity contribution in [2.45, 2.75) is 4.90 Å². The smallest absolute Gasteiger partial charge is 0.322 e. The van der Waals surface area contributed by atoms with Gasteiger partial charge < -0.3 is 15.0 Å². The molecule has 1 saturated heterocycles. The zero-order valence-electron chi connectivity index (χ0n) is 16.9. The molecule has 1 fully saturated rings. The van der Waals surface area contributed by atoms with Gasteiger partial charge in [-0.1, -0.05) is 42.5 Å². The van der Waals surface area contributed by atoms with E-state index in [-0.39, 0.29) is 6.03 Å². The predicted molar refractivity (Wildman–Crippen MR) is 122 cm³/mol. The van der Waals surface area contributed by atoms with Crippen LogP contribution in [0, 0.1) is 0 Å². The highest BCUT2D eigenvalue weighted by Gasteiger charge is 2.16. The second-order valence-corrected chi connectivity index (χ2v) is 7.75. The summed E-state index contributed by atoms with van der Waals surface area (Å²) in [5, 5.41) is 3.03. The van der Waals surface area contributed by atoms with Crippen molar-refractivity contribution in [2.75, 3.05) is 57.5 Å². The van der Waals surface area contributed by atoms with E-state index in [0.29, 0.717) is 13.1 Å². The van der Waals surface area contributed by atoms with Gasteiger partial charge in [0.2, 0.25) is 0 Å². The number of rotatable bonds is 8. The van der Waals surface area contributed by atoms with Crippen LogP contribution in [0.2, 0.25) is 0 Å². The fourth-order valence-corrected chi connectivity index (χ4v) is 3.53. The lowest BCUT2D eigenvalue weighted by Crippen LogP contribution is -2.44. The van der Waals surface area contributed by atoms with Gasteiger partial charge in [-0.3, -0.25) is 4.90 Å². The Morgan fingerprint density at radius 3 is 2.55 bits per heavy atom. The lowest BCUT2D eigenvalue weighted by Gasteiger charge is -2.29. The molecule has 6 heteroatoms. The Bertz CT molecular complexity index is 774. The van der Waals surface area contributed by atoms with Crippen LogP contribution in [0.1, 0.15) is 5.56 Å². The number of urea groups is 1. The van der Waals surface area contributed by atoms with Gasteiger partial charge in [-0.15, -0.1) is 11.8 Å². The second-order valence-electron chi connectivity index (χ2n) is 6.87. The summed E-state index contributed by atoms with van der Waals surface area (Å²) in [5.74, 6) is 0. The topological polar surface area (TPSA) is 44.8 Å². The van der Waals surface area contributed by atoms with Crippen molar-refractivity contribution in [2.24, 2.45) is 0 Å². The van der Waals surface area contributed by atoms with Gasteiger partial charge in [-0.05, 0) is 36.1 Å². The number of hydrogen-bond donors (Lipinski definition) is 1. The average Bonchev–Trinajstić information content (AvgIpc) is 2.78. The van der Waals surface area contributed by atoms with Crippen LogP contribution in [-0.4, -0.2) is 68.0 Å². The summed E-state index contributed by atoms with van der Waals surface area (Å²) in [4.78, 5) is 18.3. The molecule has 2 aromatic carbocycles. The first-order valence-corrected chi connectivity index (χ1v) is 11.2. The number of anilines is 1. The van der Waals surface area contributed by atoms with Crippen LogP contribution < -0.4 is 5.32 Å². The van der Waals surface area contributed by atoms with Gasteiger partial charge in [0, 0.05) is 43.3 Å². The van der Waals surface area contributed by atoms with Crippen LogP contribution >= 0.6 is 11.8 Å². The molecule has 1 heterocycles. The van der Waals surface area contributed by atoms with E-state index < -0.39 is 0 Å². The van der Waals surface area contributed by atoms with Crippen molar-refractivity contribution in [3.63, 3.8) is 0 Å². The third kappa shape index (κ3) is 7.24. The number of hydrogen-bond acceptors (Lipinski definition) is 4. The molecule has 3 rings (SSSR count). The van der Waals surface area contributed by atoms with Gasteiger partial charge >= 0.3 is 6.03 Å². The van der Waals surface area contributed by atoms with Crippen molar-refractivity contribution in [1.82, 2.24) is 9.80 Å². The van der Waals surface area contributed by atoms with E-state index in [0.717, 1.165) is 44.1 Å². The van der Waals surface area contributed by atoms with Gasteiger partial charge in [0.1, 0.15) is 0 Å². The third-order valence-corrected chi connectivity index (χ3v) is 5.60. The summed E-state index contributed by atoms with van der Waals surface area (Å²) in [5.41, 5.74) is 1.95. The van der Waals surface area contributed by atoms with Crippen LogP contribution in [0.3, 0.4) is 0 Å². The highest BCUT2D eigenvalue weighted by molar-refractivity contribution is 7.98. The first-order valence-electron chi connectivity index (χ1n) is 9.96. The minimum atomic E-state index is -0.0760. The number of nitrogens with zero attached hydrogens (tertiary/aromatic N) is 2. The largest absolute Gasteiger partial charge is 0.379 e. The first-order chi connectivity index (χ1) is 14.2. The van der Waals surface area contributed by atoms with E-state index in [4.69, 9.17) is 4.74 Å². The van der Waals surface area contributed by atoms with E-state index in [9.17, 15) is 4.79 Å². The van der Waals surface area contributed by atoms with Crippen molar-refractivity contribution >= 4 is 29.6 Å². The number of amides is 2. The molecule has 0 aromatic heterocycles. The normalized spacial score (nSPS) is 14.8.